The van der Waals surface area contributed by atoms with Gasteiger partial charge in [0.15, 0.2) is 6.29 Å². The molecule has 0 N–H and O–H groups in total. The van der Waals surface area contributed by atoms with Gasteiger partial charge in [-0.1, -0.05) is 32.9 Å². The lowest BCUT2D eigenvalue weighted by Gasteiger charge is -2.22. The fourth-order valence-corrected chi connectivity index (χ4v) is 2.37. The third-order valence-corrected chi connectivity index (χ3v) is 3.46. The Morgan fingerprint density at radius 2 is 1.60 bits per heavy atom. The minimum atomic E-state index is 0.119. The molecule has 0 bridgehead atoms. The van der Waals surface area contributed by atoms with Gasteiger partial charge in [0.25, 0.3) is 0 Å². The fraction of sp³-hybridized carbons (Fsp3) is 0.353. The molecule has 0 unspecified atom stereocenters. The Balaban J connectivity index is 2.60. The summed E-state index contributed by atoms with van der Waals surface area (Å²) >= 11 is 0. The normalized spacial score (nSPS) is 11.4. The Labute approximate surface area is 120 Å². The highest BCUT2D eigenvalue weighted by atomic mass is 16.1. The Morgan fingerprint density at radius 1 is 1.00 bits per heavy atom. The van der Waals surface area contributed by atoms with Crippen LogP contribution >= 0.6 is 0 Å². The number of hydrogen-bond donors (Lipinski definition) is 0. The van der Waals surface area contributed by atoms with E-state index in [0.29, 0.717) is 5.69 Å². The van der Waals surface area contributed by atoms with Gasteiger partial charge in [-0.2, -0.15) is 0 Å². The zero-order valence-electron chi connectivity index (χ0n) is 12.7. The summed E-state index contributed by atoms with van der Waals surface area (Å²) in [4.78, 5) is 19.1. The maximum Gasteiger partial charge on any atom is 0.168 e. The molecule has 20 heavy (non-hydrogen) atoms. The molecule has 104 valence electrons. The lowest BCUT2D eigenvalue weighted by Crippen LogP contribution is -2.12. The van der Waals surface area contributed by atoms with Gasteiger partial charge in [-0.3, -0.25) is 4.79 Å². The van der Waals surface area contributed by atoms with Crippen molar-refractivity contribution >= 4 is 6.29 Å². The Kier molecular flexibility index (Phi) is 3.71. The summed E-state index contributed by atoms with van der Waals surface area (Å²) in [5.41, 5.74) is 6.07. The molecule has 0 radical (unpaired) electrons. The molecule has 0 atom stereocenters. The van der Waals surface area contributed by atoms with E-state index in [9.17, 15) is 4.79 Å². The molecule has 0 saturated heterocycles. The summed E-state index contributed by atoms with van der Waals surface area (Å²) < 4.78 is 0. The predicted octanol–water partition coefficient (Wildman–Crippen LogP) is 3.87. The molecule has 0 fully saturated rings. The number of hydrogen-bond acceptors (Lipinski definition) is 3. The molecule has 0 aliphatic carbocycles. The van der Waals surface area contributed by atoms with Gasteiger partial charge in [0, 0.05) is 5.56 Å². The molecule has 0 saturated carbocycles. The summed E-state index contributed by atoms with van der Waals surface area (Å²) in [6.45, 7) is 10.8. The average molecular weight is 268 g/mol. The molecule has 0 aliphatic heterocycles. The molecule has 0 aliphatic rings. The topological polar surface area (TPSA) is 42.9 Å². The van der Waals surface area contributed by atoms with Crippen LogP contribution in [0.25, 0.3) is 11.3 Å². The molecule has 1 aromatic heterocycles. The van der Waals surface area contributed by atoms with Gasteiger partial charge in [0.1, 0.15) is 12.0 Å². The quantitative estimate of drug-likeness (QED) is 0.776. The number of carbonyl (C=O) groups is 1. The van der Waals surface area contributed by atoms with E-state index >= 15 is 0 Å². The van der Waals surface area contributed by atoms with Crippen LogP contribution in [-0.4, -0.2) is 16.3 Å². The van der Waals surface area contributed by atoms with Crippen molar-refractivity contribution in [1.29, 1.82) is 0 Å². The molecular weight excluding hydrogens is 248 g/mol. The van der Waals surface area contributed by atoms with E-state index in [1.54, 1.807) is 6.07 Å². The monoisotopic (exact) mass is 268 g/mol. The van der Waals surface area contributed by atoms with Crippen LogP contribution < -0.4 is 0 Å². The number of benzene rings is 1. The van der Waals surface area contributed by atoms with Crippen LogP contribution in [0.15, 0.2) is 24.5 Å². The summed E-state index contributed by atoms with van der Waals surface area (Å²) in [7, 11) is 0. The maximum atomic E-state index is 10.9. The van der Waals surface area contributed by atoms with E-state index in [0.717, 1.165) is 17.5 Å². The van der Waals surface area contributed by atoms with Gasteiger partial charge in [-0.05, 0) is 42.0 Å². The zero-order chi connectivity index (χ0) is 14.9. The van der Waals surface area contributed by atoms with Gasteiger partial charge >= 0.3 is 0 Å². The zero-order valence-corrected chi connectivity index (χ0v) is 12.7. The third kappa shape index (κ3) is 2.77. The van der Waals surface area contributed by atoms with Crippen molar-refractivity contribution in [3.63, 3.8) is 0 Å². The van der Waals surface area contributed by atoms with Crippen LogP contribution in [0.1, 0.15) is 48.0 Å². The van der Waals surface area contributed by atoms with E-state index in [4.69, 9.17) is 0 Å². The SMILES string of the molecule is Cc1cc(C(C)(C)C)cc(C)c1-c1cc(C=O)ncn1. The Morgan fingerprint density at radius 3 is 2.10 bits per heavy atom. The molecule has 3 heteroatoms. The molecule has 2 rings (SSSR count). The van der Waals surface area contributed by atoms with Crippen molar-refractivity contribution in [2.45, 2.75) is 40.0 Å². The van der Waals surface area contributed by atoms with Gasteiger partial charge in [0.2, 0.25) is 0 Å². The lowest BCUT2D eigenvalue weighted by atomic mass is 9.83. The van der Waals surface area contributed by atoms with Crippen LogP contribution in [0.2, 0.25) is 0 Å². The highest BCUT2D eigenvalue weighted by molar-refractivity contribution is 5.76. The number of rotatable bonds is 2. The van der Waals surface area contributed by atoms with Crippen molar-refractivity contribution in [1.82, 2.24) is 9.97 Å². The van der Waals surface area contributed by atoms with E-state index in [1.165, 1.54) is 23.0 Å². The molecule has 3 nitrogen and oxygen atoms in total. The van der Waals surface area contributed by atoms with Crippen molar-refractivity contribution < 1.29 is 4.79 Å². The van der Waals surface area contributed by atoms with Gasteiger partial charge in [-0.15, -0.1) is 0 Å². The minimum Gasteiger partial charge on any atom is -0.296 e. The van der Waals surface area contributed by atoms with Crippen LogP contribution in [0.3, 0.4) is 0 Å². The van der Waals surface area contributed by atoms with Gasteiger partial charge < -0.3 is 0 Å². The second-order valence-electron chi connectivity index (χ2n) is 6.18. The second kappa shape index (κ2) is 5.16. The maximum absolute atomic E-state index is 10.9. The summed E-state index contributed by atoms with van der Waals surface area (Å²) in [6.07, 6.45) is 2.19. The summed E-state index contributed by atoms with van der Waals surface area (Å²) in [5, 5.41) is 0. The molecule has 0 spiro atoms. The average Bonchev–Trinajstić information content (AvgIpc) is 2.37. The first-order chi connectivity index (χ1) is 9.32. The highest BCUT2D eigenvalue weighted by Gasteiger charge is 2.17. The summed E-state index contributed by atoms with van der Waals surface area (Å²) in [5.74, 6) is 0. The highest BCUT2D eigenvalue weighted by Crippen LogP contribution is 2.31. The van der Waals surface area contributed by atoms with Gasteiger partial charge in [0.05, 0.1) is 5.69 Å². The fourth-order valence-electron chi connectivity index (χ4n) is 2.37. The van der Waals surface area contributed by atoms with Gasteiger partial charge in [-0.25, -0.2) is 9.97 Å². The van der Waals surface area contributed by atoms with Crippen molar-refractivity contribution in [2.24, 2.45) is 0 Å². The van der Waals surface area contributed by atoms with Crippen LogP contribution in [-0.2, 0) is 5.41 Å². The molecule has 0 amide bonds. The van der Waals surface area contributed by atoms with Crippen LogP contribution in [0.4, 0.5) is 0 Å². The number of aryl methyl sites for hydroxylation is 2. The van der Waals surface area contributed by atoms with E-state index in [-0.39, 0.29) is 5.41 Å². The molecule has 1 heterocycles. The first kappa shape index (κ1) is 14.4. The smallest absolute Gasteiger partial charge is 0.168 e. The van der Waals surface area contributed by atoms with E-state index in [2.05, 4.69) is 56.7 Å². The lowest BCUT2D eigenvalue weighted by molar-refractivity contribution is 0.111. The number of nitrogens with zero attached hydrogens (tertiary/aromatic N) is 2. The van der Waals surface area contributed by atoms with Crippen molar-refractivity contribution in [3.05, 3.63) is 46.9 Å². The summed E-state index contributed by atoms with van der Waals surface area (Å²) in [6, 6.07) is 6.13. The van der Waals surface area contributed by atoms with Crippen LogP contribution in [0, 0.1) is 13.8 Å². The standard InChI is InChI=1S/C17H20N2O/c1-11-6-13(17(3,4)5)7-12(2)16(11)15-8-14(9-20)18-10-19-15/h6-10H,1-5H3. The number of carbonyl (C=O) groups excluding carboxylic acids is 1. The van der Waals surface area contributed by atoms with Crippen LogP contribution in [0.5, 0.6) is 0 Å². The first-order valence-electron chi connectivity index (χ1n) is 6.72. The first-order valence-corrected chi connectivity index (χ1v) is 6.72. The second-order valence-corrected chi connectivity index (χ2v) is 6.18. The van der Waals surface area contributed by atoms with E-state index in [1.807, 2.05) is 0 Å². The minimum absolute atomic E-state index is 0.119. The number of aldehydes is 1. The van der Waals surface area contributed by atoms with E-state index < -0.39 is 0 Å². The molecule has 1 aromatic carbocycles. The molecule has 2 aromatic rings. The Hall–Kier alpha value is -2.03. The largest absolute Gasteiger partial charge is 0.296 e. The third-order valence-electron chi connectivity index (χ3n) is 3.46. The number of aromatic nitrogens is 2. The predicted molar refractivity (Wildman–Crippen MR) is 81.0 cm³/mol. The van der Waals surface area contributed by atoms with Crippen molar-refractivity contribution in [2.75, 3.05) is 0 Å². The Bertz CT molecular complexity index is 631. The van der Waals surface area contributed by atoms with Crippen molar-refractivity contribution in [3.8, 4) is 11.3 Å². The molecular formula is C17H20N2O.